The molecule has 0 aliphatic rings. The number of aliphatic carboxylic acids is 1. The van der Waals surface area contributed by atoms with Gasteiger partial charge in [-0.3, -0.25) is 9.59 Å². The van der Waals surface area contributed by atoms with Gasteiger partial charge in [0.25, 0.3) is 0 Å². The average Bonchev–Trinajstić information content (AvgIpc) is 2.29. The molecule has 0 spiro atoms. The monoisotopic (exact) mass is 255 g/mol. The molecular weight excluding hydrogens is 230 g/mol. The van der Waals surface area contributed by atoms with Crippen molar-refractivity contribution in [1.29, 1.82) is 0 Å². The third-order valence-electron chi connectivity index (χ3n) is 2.79. The van der Waals surface area contributed by atoms with Crippen molar-refractivity contribution in [3.8, 4) is 0 Å². The molecule has 0 saturated heterocycles. The van der Waals surface area contributed by atoms with Gasteiger partial charge in [-0.15, -0.1) is 0 Å². The van der Waals surface area contributed by atoms with E-state index in [2.05, 4.69) is 0 Å². The summed E-state index contributed by atoms with van der Waals surface area (Å²) in [7, 11) is 0. The van der Waals surface area contributed by atoms with E-state index in [1.807, 2.05) is 6.08 Å². The molecule has 4 nitrogen and oxygen atoms in total. The summed E-state index contributed by atoms with van der Waals surface area (Å²) in [5.41, 5.74) is 4.97. The van der Waals surface area contributed by atoms with Gasteiger partial charge in [0.15, 0.2) is 0 Å². The highest BCUT2D eigenvalue weighted by Crippen LogP contribution is 2.10. The van der Waals surface area contributed by atoms with Crippen LogP contribution in [0.3, 0.4) is 0 Å². The minimum atomic E-state index is -0.695. The molecule has 0 bridgehead atoms. The number of allylic oxidation sites excluding steroid dienone is 1. The van der Waals surface area contributed by atoms with E-state index in [0.717, 1.165) is 32.1 Å². The van der Waals surface area contributed by atoms with Crippen molar-refractivity contribution in [1.82, 2.24) is 0 Å². The Hall–Kier alpha value is -1.32. The first-order valence-corrected chi connectivity index (χ1v) is 6.80. The standard InChI is InChI=1S/C14H25NO3/c15-13(16)11-9-7-5-3-1-2-4-6-8-10-12-14(17)18/h9,11H,1-8,10,12H2,(H2,15,16)(H,17,18). The molecule has 0 radical (unpaired) electrons. The molecule has 0 aliphatic carbocycles. The van der Waals surface area contributed by atoms with Crippen LogP contribution in [0.1, 0.15) is 64.2 Å². The van der Waals surface area contributed by atoms with Crippen molar-refractivity contribution in [2.24, 2.45) is 5.73 Å². The van der Waals surface area contributed by atoms with Crippen molar-refractivity contribution in [3.63, 3.8) is 0 Å². The lowest BCUT2D eigenvalue weighted by Gasteiger charge is -2.00. The van der Waals surface area contributed by atoms with Gasteiger partial charge in [-0.1, -0.05) is 44.6 Å². The topological polar surface area (TPSA) is 80.4 Å². The van der Waals surface area contributed by atoms with Crippen molar-refractivity contribution in [3.05, 3.63) is 12.2 Å². The van der Waals surface area contributed by atoms with Gasteiger partial charge in [0, 0.05) is 6.42 Å². The van der Waals surface area contributed by atoms with E-state index in [9.17, 15) is 9.59 Å². The molecule has 0 heterocycles. The zero-order chi connectivity index (χ0) is 13.6. The Morgan fingerprint density at radius 3 is 1.89 bits per heavy atom. The fourth-order valence-corrected chi connectivity index (χ4v) is 1.80. The van der Waals surface area contributed by atoms with Gasteiger partial charge in [-0.25, -0.2) is 0 Å². The molecule has 18 heavy (non-hydrogen) atoms. The summed E-state index contributed by atoms with van der Waals surface area (Å²) in [6.45, 7) is 0. The molecule has 0 aromatic rings. The zero-order valence-corrected chi connectivity index (χ0v) is 11.1. The van der Waals surface area contributed by atoms with Crippen LogP contribution in [0.25, 0.3) is 0 Å². The number of primary amides is 1. The highest BCUT2D eigenvalue weighted by atomic mass is 16.4. The van der Waals surface area contributed by atoms with E-state index in [-0.39, 0.29) is 5.91 Å². The first-order valence-electron chi connectivity index (χ1n) is 6.80. The number of unbranched alkanes of at least 4 members (excludes halogenated alkanes) is 8. The molecule has 0 atom stereocenters. The highest BCUT2D eigenvalue weighted by Gasteiger charge is 1.96. The van der Waals surface area contributed by atoms with Crippen LogP contribution in [0.15, 0.2) is 12.2 Å². The van der Waals surface area contributed by atoms with Gasteiger partial charge >= 0.3 is 5.97 Å². The van der Waals surface area contributed by atoms with Gasteiger partial charge in [0.05, 0.1) is 0 Å². The SMILES string of the molecule is NC(=O)C=CCCCCCCCCCCC(=O)O. The Morgan fingerprint density at radius 1 is 0.889 bits per heavy atom. The van der Waals surface area contributed by atoms with Gasteiger partial charge in [0.1, 0.15) is 0 Å². The van der Waals surface area contributed by atoms with Crippen LogP contribution in [-0.4, -0.2) is 17.0 Å². The summed E-state index contributed by atoms with van der Waals surface area (Å²) >= 11 is 0. The first kappa shape index (κ1) is 16.7. The van der Waals surface area contributed by atoms with E-state index < -0.39 is 5.97 Å². The van der Waals surface area contributed by atoms with E-state index >= 15 is 0 Å². The Balaban J connectivity index is 3.07. The number of hydrogen-bond acceptors (Lipinski definition) is 2. The van der Waals surface area contributed by atoms with E-state index in [4.69, 9.17) is 10.8 Å². The normalized spacial score (nSPS) is 10.9. The van der Waals surface area contributed by atoms with Crippen molar-refractivity contribution in [2.75, 3.05) is 0 Å². The first-order chi connectivity index (χ1) is 8.63. The molecule has 0 fully saturated rings. The maximum atomic E-state index is 10.4. The number of carboxylic acids is 1. The van der Waals surface area contributed by atoms with Gasteiger partial charge in [-0.05, 0) is 25.3 Å². The van der Waals surface area contributed by atoms with Crippen LogP contribution in [-0.2, 0) is 9.59 Å². The van der Waals surface area contributed by atoms with Crippen LogP contribution in [0.2, 0.25) is 0 Å². The number of hydrogen-bond donors (Lipinski definition) is 2. The number of rotatable bonds is 12. The number of amides is 1. The van der Waals surface area contributed by atoms with E-state index in [1.54, 1.807) is 0 Å². The van der Waals surface area contributed by atoms with Crippen LogP contribution < -0.4 is 5.73 Å². The van der Waals surface area contributed by atoms with Crippen molar-refractivity contribution in [2.45, 2.75) is 64.2 Å². The number of carbonyl (C=O) groups is 2. The maximum Gasteiger partial charge on any atom is 0.303 e. The number of nitrogens with two attached hydrogens (primary N) is 1. The predicted molar refractivity (Wildman–Crippen MR) is 72.1 cm³/mol. The number of carbonyl (C=O) groups excluding carboxylic acids is 1. The lowest BCUT2D eigenvalue weighted by Crippen LogP contribution is -2.05. The average molecular weight is 255 g/mol. The smallest absolute Gasteiger partial charge is 0.303 e. The largest absolute Gasteiger partial charge is 0.481 e. The lowest BCUT2D eigenvalue weighted by molar-refractivity contribution is -0.137. The molecular formula is C14H25NO3. The van der Waals surface area contributed by atoms with E-state index in [1.165, 1.54) is 31.8 Å². The fourth-order valence-electron chi connectivity index (χ4n) is 1.80. The predicted octanol–water partition coefficient (Wildman–Crippen LogP) is 3.01. The van der Waals surface area contributed by atoms with Crippen LogP contribution >= 0.6 is 0 Å². The molecule has 0 unspecified atom stereocenters. The molecule has 0 rings (SSSR count). The van der Waals surface area contributed by atoms with E-state index in [0.29, 0.717) is 6.42 Å². The highest BCUT2D eigenvalue weighted by molar-refractivity contribution is 5.85. The molecule has 0 saturated carbocycles. The second-order valence-electron chi connectivity index (χ2n) is 4.57. The molecule has 4 heteroatoms. The summed E-state index contributed by atoms with van der Waals surface area (Å²) in [4.78, 5) is 20.7. The third-order valence-corrected chi connectivity index (χ3v) is 2.79. The molecule has 0 aromatic carbocycles. The minimum Gasteiger partial charge on any atom is -0.481 e. The van der Waals surface area contributed by atoms with Crippen LogP contribution in [0.4, 0.5) is 0 Å². The van der Waals surface area contributed by atoms with Crippen molar-refractivity contribution >= 4 is 11.9 Å². The van der Waals surface area contributed by atoms with Gasteiger partial charge < -0.3 is 10.8 Å². The Kier molecular flexibility index (Phi) is 11.3. The second kappa shape index (κ2) is 12.1. The number of carboxylic acid groups (broad SMARTS) is 1. The Morgan fingerprint density at radius 2 is 1.39 bits per heavy atom. The Labute approximate surface area is 109 Å². The summed E-state index contributed by atoms with van der Waals surface area (Å²) in [6, 6.07) is 0. The van der Waals surface area contributed by atoms with Crippen LogP contribution in [0, 0.1) is 0 Å². The summed E-state index contributed by atoms with van der Waals surface area (Å²) in [6.07, 6.45) is 13.3. The molecule has 104 valence electrons. The van der Waals surface area contributed by atoms with Crippen LogP contribution in [0.5, 0.6) is 0 Å². The maximum absolute atomic E-state index is 10.4. The Bertz CT molecular complexity index is 262. The van der Waals surface area contributed by atoms with Gasteiger partial charge in [0.2, 0.25) is 5.91 Å². The third kappa shape index (κ3) is 14.7. The summed E-state index contributed by atoms with van der Waals surface area (Å²) in [5, 5.41) is 8.46. The minimum absolute atomic E-state index is 0.298. The molecule has 0 aromatic heterocycles. The lowest BCUT2D eigenvalue weighted by atomic mass is 10.1. The summed E-state index contributed by atoms with van der Waals surface area (Å²) < 4.78 is 0. The molecule has 0 aliphatic heterocycles. The zero-order valence-electron chi connectivity index (χ0n) is 11.1. The molecule has 3 N–H and O–H groups in total. The van der Waals surface area contributed by atoms with Crippen molar-refractivity contribution < 1.29 is 14.7 Å². The van der Waals surface area contributed by atoms with Gasteiger partial charge in [-0.2, -0.15) is 0 Å². The second-order valence-corrected chi connectivity index (χ2v) is 4.57. The quantitative estimate of drug-likeness (QED) is 0.415. The summed E-state index contributed by atoms with van der Waals surface area (Å²) in [5.74, 6) is -1.07. The fraction of sp³-hybridized carbons (Fsp3) is 0.714. The molecule has 1 amide bonds.